The van der Waals surface area contributed by atoms with Crippen LogP contribution in [0.4, 0.5) is 0 Å². The number of amides is 1. The van der Waals surface area contributed by atoms with Crippen LogP contribution in [0.25, 0.3) is 0 Å². The van der Waals surface area contributed by atoms with Crippen molar-refractivity contribution in [3.05, 3.63) is 35.4 Å². The molecule has 1 fully saturated rings. The maximum absolute atomic E-state index is 11.5. The Morgan fingerprint density at radius 2 is 1.79 bits per heavy atom. The predicted molar refractivity (Wildman–Crippen MR) is 72.7 cm³/mol. The first kappa shape index (κ1) is 14.0. The molecule has 0 heterocycles. The predicted octanol–water partition coefficient (Wildman–Crippen LogP) is 0.762. The number of hydrogen-bond acceptors (Lipinski definition) is 3. The molecule has 1 aliphatic carbocycles. The van der Waals surface area contributed by atoms with Crippen molar-refractivity contribution in [3.63, 3.8) is 0 Å². The largest absolute Gasteiger partial charge is 0.352 e. The van der Waals surface area contributed by atoms with E-state index in [-0.39, 0.29) is 17.6 Å². The highest BCUT2D eigenvalue weighted by Crippen LogP contribution is 2.28. The van der Waals surface area contributed by atoms with E-state index in [4.69, 9.17) is 0 Å². The molecular weight excluding hydrogens is 264 g/mol. The number of hydrogen-bond donors (Lipinski definition) is 2. The number of carbonyl (C=O) groups excluding carboxylic acids is 1. The van der Waals surface area contributed by atoms with Crippen LogP contribution < -0.4 is 10.0 Å². The lowest BCUT2D eigenvalue weighted by molar-refractivity contribution is -0.122. The van der Waals surface area contributed by atoms with Crippen molar-refractivity contribution in [2.45, 2.75) is 25.1 Å². The molecule has 104 valence electrons. The molecule has 1 amide bonds. The van der Waals surface area contributed by atoms with Crippen LogP contribution >= 0.6 is 0 Å². The van der Waals surface area contributed by atoms with Crippen LogP contribution in [0.2, 0.25) is 0 Å². The summed E-state index contributed by atoms with van der Waals surface area (Å²) in [5.74, 6) is 0.292. The standard InChI is InChI=1S/C13H18N2O3S/c1-14-19(17,18)9-11-4-2-10(3-5-11)8-15-13(16)12-6-7-12/h2-5,12,14H,6-9H2,1H3,(H,15,16). The smallest absolute Gasteiger partial charge is 0.223 e. The number of carbonyl (C=O) groups is 1. The van der Waals surface area contributed by atoms with Gasteiger partial charge in [0.1, 0.15) is 0 Å². The van der Waals surface area contributed by atoms with Crippen LogP contribution in [-0.4, -0.2) is 21.4 Å². The molecule has 0 aliphatic heterocycles. The Morgan fingerprint density at radius 3 is 2.32 bits per heavy atom. The van der Waals surface area contributed by atoms with Gasteiger partial charge < -0.3 is 5.32 Å². The highest BCUT2D eigenvalue weighted by molar-refractivity contribution is 7.88. The van der Waals surface area contributed by atoms with Crippen LogP contribution in [0.1, 0.15) is 24.0 Å². The second kappa shape index (κ2) is 5.71. The maximum atomic E-state index is 11.5. The molecule has 1 aromatic carbocycles. The lowest BCUT2D eigenvalue weighted by Crippen LogP contribution is -2.24. The molecule has 1 aromatic rings. The minimum atomic E-state index is -3.23. The fraction of sp³-hybridized carbons (Fsp3) is 0.462. The minimum absolute atomic E-state index is 0.0296. The Balaban J connectivity index is 1.89. The average Bonchev–Trinajstić information content (AvgIpc) is 3.21. The van der Waals surface area contributed by atoms with Crippen LogP contribution in [0.3, 0.4) is 0 Å². The van der Waals surface area contributed by atoms with Gasteiger partial charge >= 0.3 is 0 Å². The summed E-state index contributed by atoms with van der Waals surface area (Å²) < 4.78 is 25.0. The molecular formula is C13H18N2O3S. The highest BCUT2D eigenvalue weighted by atomic mass is 32.2. The van der Waals surface area contributed by atoms with Gasteiger partial charge in [0.05, 0.1) is 5.75 Å². The zero-order valence-electron chi connectivity index (χ0n) is 10.8. The molecule has 1 saturated carbocycles. The molecule has 5 nitrogen and oxygen atoms in total. The van der Waals surface area contributed by atoms with Crippen molar-refractivity contribution in [3.8, 4) is 0 Å². The molecule has 0 bridgehead atoms. The van der Waals surface area contributed by atoms with E-state index >= 15 is 0 Å². The lowest BCUT2D eigenvalue weighted by Gasteiger charge is -2.06. The van der Waals surface area contributed by atoms with Crippen LogP contribution in [0.5, 0.6) is 0 Å². The van der Waals surface area contributed by atoms with E-state index in [2.05, 4.69) is 10.0 Å². The van der Waals surface area contributed by atoms with E-state index in [0.717, 1.165) is 24.0 Å². The van der Waals surface area contributed by atoms with E-state index in [9.17, 15) is 13.2 Å². The summed E-state index contributed by atoms with van der Waals surface area (Å²) in [6.07, 6.45) is 1.99. The van der Waals surface area contributed by atoms with Gasteiger partial charge in [-0.3, -0.25) is 4.79 Å². The van der Waals surface area contributed by atoms with Crippen molar-refractivity contribution in [1.29, 1.82) is 0 Å². The van der Waals surface area contributed by atoms with Crippen molar-refractivity contribution in [2.24, 2.45) is 5.92 Å². The minimum Gasteiger partial charge on any atom is -0.352 e. The summed E-state index contributed by atoms with van der Waals surface area (Å²) in [7, 11) is -1.83. The van der Waals surface area contributed by atoms with Crippen LogP contribution in [-0.2, 0) is 27.1 Å². The topological polar surface area (TPSA) is 75.3 Å². The number of rotatable bonds is 6. The Hall–Kier alpha value is -1.40. The summed E-state index contributed by atoms with van der Waals surface area (Å²) in [6.45, 7) is 0.494. The van der Waals surface area contributed by atoms with E-state index in [1.54, 1.807) is 12.1 Å². The average molecular weight is 282 g/mol. The summed E-state index contributed by atoms with van der Waals surface area (Å²) in [5, 5.41) is 2.87. The lowest BCUT2D eigenvalue weighted by atomic mass is 10.1. The van der Waals surface area contributed by atoms with Crippen molar-refractivity contribution in [2.75, 3.05) is 7.05 Å². The molecule has 0 radical (unpaired) electrons. The van der Waals surface area contributed by atoms with Gasteiger partial charge in [-0.05, 0) is 31.0 Å². The van der Waals surface area contributed by atoms with Gasteiger partial charge in [0.2, 0.25) is 15.9 Å². The second-order valence-corrected chi connectivity index (χ2v) is 6.70. The summed E-state index contributed by atoms with van der Waals surface area (Å²) in [5.41, 5.74) is 1.70. The SMILES string of the molecule is CNS(=O)(=O)Cc1ccc(CNC(=O)C2CC2)cc1. The van der Waals surface area contributed by atoms with Gasteiger partial charge in [0, 0.05) is 12.5 Å². The zero-order valence-corrected chi connectivity index (χ0v) is 11.7. The molecule has 19 heavy (non-hydrogen) atoms. The third-order valence-corrected chi connectivity index (χ3v) is 4.44. The Labute approximate surface area is 113 Å². The molecule has 2 N–H and O–H groups in total. The maximum Gasteiger partial charge on any atom is 0.223 e. The first-order chi connectivity index (χ1) is 9.00. The monoisotopic (exact) mass is 282 g/mol. The van der Waals surface area contributed by atoms with Crippen LogP contribution in [0, 0.1) is 5.92 Å². The Morgan fingerprint density at radius 1 is 1.21 bits per heavy atom. The Kier molecular flexibility index (Phi) is 4.21. The normalized spacial score (nSPS) is 15.2. The summed E-state index contributed by atoms with van der Waals surface area (Å²) in [4.78, 5) is 11.5. The van der Waals surface area contributed by atoms with Gasteiger partial charge in [-0.1, -0.05) is 24.3 Å². The second-order valence-electron chi connectivity index (χ2n) is 4.77. The van der Waals surface area contributed by atoms with E-state index in [0.29, 0.717) is 6.54 Å². The Bertz CT molecular complexity index is 548. The first-order valence-corrected chi connectivity index (χ1v) is 7.92. The summed E-state index contributed by atoms with van der Waals surface area (Å²) in [6, 6.07) is 7.22. The molecule has 1 aliphatic rings. The van der Waals surface area contributed by atoms with Crippen molar-refractivity contribution >= 4 is 15.9 Å². The first-order valence-electron chi connectivity index (χ1n) is 6.27. The number of nitrogens with one attached hydrogen (secondary N) is 2. The van der Waals surface area contributed by atoms with E-state index < -0.39 is 10.0 Å². The molecule has 0 spiro atoms. The summed E-state index contributed by atoms with van der Waals surface area (Å²) >= 11 is 0. The van der Waals surface area contributed by atoms with E-state index in [1.165, 1.54) is 7.05 Å². The quantitative estimate of drug-likeness (QED) is 0.809. The molecule has 2 rings (SSSR count). The highest BCUT2D eigenvalue weighted by Gasteiger charge is 2.29. The van der Waals surface area contributed by atoms with Crippen LogP contribution in [0.15, 0.2) is 24.3 Å². The van der Waals surface area contributed by atoms with Gasteiger partial charge in [-0.25, -0.2) is 13.1 Å². The molecule has 0 unspecified atom stereocenters. The fourth-order valence-electron chi connectivity index (χ4n) is 1.72. The van der Waals surface area contributed by atoms with Gasteiger partial charge in [0.15, 0.2) is 0 Å². The third-order valence-electron chi connectivity index (χ3n) is 3.11. The van der Waals surface area contributed by atoms with Gasteiger partial charge in [-0.15, -0.1) is 0 Å². The molecule has 0 saturated heterocycles. The molecule has 0 aromatic heterocycles. The number of benzene rings is 1. The molecule has 6 heteroatoms. The van der Waals surface area contributed by atoms with Crippen molar-refractivity contribution in [1.82, 2.24) is 10.0 Å². The van der Waals surface area contributed by atoms with Gasteiger partial charge in [-0.2, -0.15) is 0 Å². The third kappa shape index (κ3) is 4.33. The fourth-order valence-corrected chi connectivity index (χ4v) is 2.50. The zero-order chi connectivity index (χ0) is 13.9. The van der Waals surface area contributed by atoms with Crippen molar-refractivity contribution < 1.29 is 13.2 Å². The van der Waals surface area contributed by atoms with Gasteiger partial charge in [0.25, 0.3) is 0 Å². The van der Waals surface area contributed by atoms with E-state index in [1.807, 2.05) is 12.1 Å². The number of sulfonamides is 1. The molecule has 0 atom stereocenters.